The maximum absolute atomic E-state index is 12.8. The van der Waals surface area contributed by atoms with Crippen molar-refractivity contribution in [3.05, 3.63) is 23.8 Å². The molecule has 5 nitrogen and oxygen atoms in total. The van der Waals surface area contributed by atoms with Gasteiger partial charge in [0.2, 0.25) is 5.82 Å². The quantitative estimate of drug-likeness (QED) is 0.778. The summed E-state index contributed by atoms with van der Waals surface area (Å²) in [5, 5.41) is 0. The Balaban J connectivity index is 1.35. The summed E-state index contributed by atoms with van der Waals surface area (Å²) in [5.74, 6) is -0.402. The van der Waals surface area contributed by atoms with Gasteiger partial charge in [-0.25, -0.2) is 18.4 Å². The highest BCUT2D eigenvalue weighted by Crippen LogP contribution is 2.44. The molecule has 4 rings (SSSR count). The molecule has 1 aliphatic carbocycles. The highest BCUT2D eigenvalue weighted by Gasteiger charge is 2.53. The minimum absolute atomic E-state index is 0.0378. The summed E-state index contributed by atoms with van der Waals surface area (Å²) in [4.78, 5) is 9.46. The van der Waals surface area contributed by atoms with Crippen molar-refractivity contribution in [2.24, 2.45) is 5.41 Å². The number of halogens is 3. The lowest BCUT2D eigenvalue weighted by atomic mass is 9.83. The Bertz CT molecular complexity index is 777. The molecular formula is C17H22F3N3O2S. The zero-order valence-corrected chi connectivity index (χ0v) is 15.2. The van der Waals surface area contributed by atoms with Gasteiger partial charge in [-0.3, -0.25) is 4.90 Å². The van der Waals surface area contributed by atoms with Crippen LogP contribution in [0, 0.1) is 5.41 Å². The Hall–Kier alpha value is -1.22. The van der Waals surface area contributed by atoms with E-state index in [2.05, 4.69) is 14.9 Å². The van der Waals surface area contributed by atoms with Crippen molar-refractivity contribution >= 4 is 9.84 Å². The second-order valence-corrected chi connectivity index (χ2v) is 10.1. The Labute approximate surface area is 150 Å². The molecule has 2 aliphatic heterocycles. The van der Waals surface area contributed by atoms with Crippen LogP contribution in [0.5, 0.6) is 0 Å². The van der Waals surface area contributed by atoms with Crippen molar-refractivity contribution in [1.82, 2.24) is 14.9 Å². The fourth-order valence-corrected chi connectivity index (χ4v) is 7.13. The minimum Gasteiger partial charge on any atom is -0.300 e. The maximum Gasteiger partial charge on any atom is 0.451 e. The van der Waals surface area contributed by atoms with Crippen LogP contribution in [-0.2, 0) is 16.0 Å². The van der Waals surface area contributed by atoms with Gasteiger partial charge in [-0.2, -0.15) is 13.2 Å². The largest absolute Gasteiger partial charge is 0.451 e. The van der Waals surface area contributed by atoms with Crippen molar-refractivity contribution in [2.75, 3.05) is 24.6 Å². The van der Waals surface area contributed by atoms with Crippen LogP contribution in [-0.4, -0.2) is 53.9 Å². The Morgan fingerprint density at radius 2 is 1.85 bits per heavy atom. The topological polar surface area (TPSA) is 63.2 Å². The summed E-state index contributed by atoms with van der Waals surface area (Å²) < 4.78 is 61.4. The number of aromatic nitrogens is 2. The minimum atomic E-state index is -4.51. The van der Waals surface area contributed by atoms with Gasteiger partial charge < -0.3 is 0 Å². The summed E-state index contributed by atoms with van der Waals surface area (Å²) in [6.07, 6.45) is 1.06. The number of sulfone groups is 1. The van der Waals surface area contributed by atoms with Gasteiger partial charge in [0, 0.05) is 35.8 Å². The predicted octanol–water partition coefficient (Wildman–Crippen LogP) is 2.64. The number of hydrogen-bond acceptors (Lipinski definition) is 5. The maximum atomic E-state index is 12.8. The van der Waals surface area contributed by atoms with Gasteiger partial charge >= 0.3 is 6.18 Å². The first-order valence-electron chi connectivity index (χ1n) is 9.01. The molecule has 26 heavy (non-hydrogen) atoms. The monoisotopic (exact) mass is 389 g/mol. The zero-order valence-electron chi connectivity index (χ0n) is 14.4. The number of alkyl halides is 3. The third kappa shape index (κ3) is 3.47. The molecule has 1 aromatic rings. The lowest BCUT2D eigenvalue weighted by Gasteiger charge is -2.40. The molecule has 9 heteroatoms. The average molecular weight is 389 g/mol. The van der Waals surface area contributed by atoms with Gasteiger partial charge in [-0.1, -0.05) is 0 Å². The molecule has 1 spiro atoms. The van der Waals surface area contributed by atoms with Crippen LogP contribution in [0.15, 0.2) is 12.3 Å². The second kappa shape index (κ2) is 6.15. The van der Waals surface area contributed by atoms with Crippen LogP contribution in [0.2, 0.25) is 0 Å². The molecule has 0 unspecified atom stereocenters. The van der Waals surface area contributed by atoms with E-state index in [1.807, 2.05) is 0 Å². The first kappa shape index (κ1) is 18.2. The SMILES string of the molecule is O=S1(=O)CC2(CCN([C@H]3CC[C@H](c4ccnc(C(F)(F)F)n4)CC3)C2)C1. The molecule has 3 heterocycles. The van der Waals surface area contributed by atoms with Crippen molar-refractivity contribution in [3.8, 4) is 0 Å². The van der Waals surface area contributed by atoms with Crippen molar-refractivity contribution in [3.63, 3.8) is 0 Å². The lowest BCUT2D eigenvalue weighted by Crippen LogP contribution is -2.51. The highest BCUT2D eigenvalue weighted by atomic mass is 32.2. The second-order valence-electron chi connectivity index (χ2n) is 8.06. The van der Waals surface area contributed by atoms with Crippen LogP contribution in [0.3, 0.4) is 0 Å². The molecule has 3 aliphatic rings. The Morgan fingerprint density at radius 3 is 2.46 bits per heavy atom. The Kier molecular flexibility index (Phi) is 4.30. The molecule has 0 atom stereocenters. The molecule has 0 radical (unpaired) electrons. The molecule has 0 amide bonds. The molecule has 0 aromatic carbocycles. The normalized spacial score (nSPS) is 31.0. The van der Waals surface area contributed by atoms with Crippen molar-refractivity contribution < 1.29 is 21.6 Å². The third-order valence-electron chi connectivity index (χ3n) is 6.08. The molecule has 3 fully saturated rings. The number of nitrogens with zero attached hydrogens (tertiary/aromatic N) is 3. The van der Waals surface area contributed by atoms with Crippen LogP contribution < -0.4 is 0 Å². The molecule has 0 N–H and O–H groups in total. The molecular weight excluding hydrogens is 367 g/mol. The molecule has 0 bridgehead atoms. The Morgan fingerprint density at radius 1 is 1.15 bits per heavy atom. The summed E-state index contributed by atoms with van der Waals surface area (Å²) in [6.45, 7) is 1.77. The highest BCUT2D eigenvalue weighted by molar-refractivity contribution is 7.92. The smallest absolute Gasteiger partial charge is 0.300 e. The molecule has 144 valence electrons. The van der Waals surface area contributed by atoms with Gasteiger partial charge in [-0.15, -0.1) is 0 Å². The average Bonchev–Trinajstić information content (AvgIpc) is 2.98. The molecule has 1 saturated carbocycles. The van der Waals surface area contributed by atoms with Crippen LogP contribution in [0.1, 0.15) is 49.5 Å². The number of likely N-dealkylation sites (tertiary alicyclic amines) is 1. The zero-order chi connectivity index (χ0) is 18.6. The molecule has 1 aromatic heterocycles. The van der Waals surface area contributed by atoms with E-state index in [9.17, 15) is 21.6 Å². The van der Waals surface area contributed by atoms with E-state index in [4.69, 9.17) is 0 Å². The third-order valence-corrected chi connectivity index (χ3v) is 8.19. The number of hydrogen-bond donors (Lipinski definition) is 0. The van der Waals surface area contributed by atoms with Gasteiger partial charge in [-0.05, 0) is 44.7 Å². The van der Waals surface area contributed by atoms with E-state index < -0.39 is 21.8 Å². The predicted molar refractivity (Wildman–Crippen MR) is 89.3 cm³/mol. The van der Waals surface area contributed by atoms with Crippen LogP contribution in [0.25, 0.3) is 0 Å². The van der Waals surface area contributed by atoms with E-state index in [-0.39, 0.29) is 11.3 Å². The van der Waals surface area contributed by atoms with E-state index in [1.165, 1.54) is 6.20 Å². The van der Waals surface area contributed by atoms with E-state index >= 15 is 0 Å². The van der Waals surface area contributed by atoms with Gasteiger partial charge in [0.1, 0.15) is 0 Å². The van der Waals surface area contributed by atoms with Gasteiger partial charge in [0.25, 0.3) is 0 Å². The van der Waals surface area contributed by atoms with Crippen molar-refractivity contribution in [2.45, 2.75) is 50.2 Å². The summed E-state index contributed by atoms with van der Waals surface area (Å²) in [6, 6.07) is 1.99. The summed E-state index contributed by atoms with van der Waals surface area (Å²) in [7, 11) is -2.82. The lowest BCUT2D eigenvalue weighted by molar-refractivity contribution is -0.145. The van der Waals surface area contributed by atoms with Gasteiger partial charge in [0.05, 0.1) is 11.5 Å². The summed E-state index contributed by atoms with van der Waals surface area (Å²) in [5.41, 5.74) is 0.443. The molecule has 2 saturated heterocycles. The van der Waals surface area contributed by atoms with Gasteiger partial charge in [0.15, 0.2) is 9.84 Å². The fourth-order valence-electron chi connectivity index (χ4n) is 4.88. The summed E-state index contributed by atoms with van der Waals surface area (Å²) >= 11 is 0. The van der Waals surface area contributed by atoms with E-state index in [1.54, 1.807) is 6.07 Å². The van der Waals surface area contributed by atoms with Crippen LogP contribution in [0.4, 0.5) is 13.2 Å². The van der Waals surface area contributed by atoms with Crippen LogP contribution >= 0.6 is 0 Å². The van der Waals surface area contributed by atoms with E-state index in [0.717, 1.165) is 45.2 Å². The van der Waals surface area contributed by atoms with E-state index in [0.29, 0.717) is 23.2 Å². The van der Waals surface area contributed by atoms with Crippen molar-refractivity contribution in [1.29, 1.82) is 0 Å². The first-order chi connectivity index (χ1) is 12.2. The number of rotatable bonds is 2. The fraction of sp³-hybridized carbons (Fsp3) is 0.765. The first-order valence-corrected chi connectivity index (χ1v) is 10.8. The standard InChI is InChI=1S/C17H22F3N3O2S/c18-17(19,20)15-21-7-5-14(22-15)12-1-3-13(4-2-12)23-8-6-16(9-23)10-26(24,25)11-16/h5,7,12-13H,1-4,6,8-11H2/t12-,13-.